The number of carbonyl (C=O) groups excluding carboxylic acids is 1. The van der Waals surface area contributed by atoms with Crippen LogP contribution in [-0.2, 0) is 9.53 Å². The molecule has 3 rings (SSSR count). The van der Waals surface area contributed by atoms with Crippen molar-refractivity contribution in [2.45, 2.75) is 12.0 Å². The molecule has 1 aliphatic rings. The molecule has 1 unspecified atom stereocenters. The average molecular weight is 375 g/mol. The van der Waals surface area contributed by atoms with Gasteiger partial charge in [-0.25, -0.2) is 4.79 Å². The summed E-state index contributed by atoms with van der Waals surface area (Å²) in [5.74, 6) is -1.52. The van der Waals surface area contributed by atoms with E-state index in [1.54, 1.807) is 31.4 Å². The van der Waals surface area contributed by atoms with Gasteiger partial charge in [-0.2, -0.15) is 0 Å². The number of para-hydroxylation sites is 1. The largest absolute Gasteiger partial charge is 0.478 e. The minimum Gasteiger partial charge on any atom is -0.478 e. The molecular formula is C23H21NO4. The zero-order chi connectivity index (χ0) is 20.0. The van der Waals surface area contributed by atoms with Crippen molar-refractivity contribution in [2.75, 3.05) is 12.4 Å². The number of carbonyl (C=O) groups is 2. The van der Waals surface area contributed by atoms with Gasteiger partial charge in [-0.05, 0) is 35.4 Å². The minimum atomic E-state index is -1.10. The van der Waals surface area contributed by atoms with E-state index in [-0.39, 0.29) is 11.3 Å². The van der Waals surface area contributed by atoms with Crippen molar-refractivity contribution < 1.29 is 19.4 Å². The van der Waals surface area contributed by atoms with Crippen LogP contribution in [0.15, 0.2) is 85.0 Å². The molecule has 5 nitrogen and oxygen atoms in total. The molecule has 0 heterocycles. The van der Waals surface area contributed by atoms with E-state index in [0.29, 0.717) is 6.42 Å². The van der Waals surface area contributed by atoms with Crippen LogP contribution in [0.4, 0.5) is 5.69 Å². The summed E-state index contributed by atoms with van der Waals surface area (Å²) in [7, 11) is 1.59. The molecule has 1 aliphatic carbocycles. The van der Waals surface area contributed by atoms with Crippen molar-refractivity contribution in [3.05, 3.63) is 96.1 Å². The van der Waals surface area contributed by atoms with E-state index in [0.717, 1.165) is 11.1 Å². The molecule has 2 aromatic rings. The van der Waals surface area contributed by atoms with E-state index < -0.39 is 17.5 Å². The number of methoxy groups -OCH3 is 1. The number of hydrogen-bond donors (Lipinski definition) is 2. The summed E-state index contributed by atoms with van der Waals surface area (Å²) in [6, 6.07) is 16.3. The summed E-state index contributed by atoms with van der Waals surface area (Å²) in [6.07, 6.45) is 9.60. The first-order valence-corrected chi connectivity index (χ1v) is 8.85. The number of hydrogen-bond acceptors (Lipinski definition) is 3. The molecule has 0 bridgehead atoms. The monoisotopic (exact) mass is 375 g/mol. The molecule has 0 spiro atoms. The second-order valence-corrected chi connectivity index (χ2v) is 6.40. The van der Waals surface area contributed by atoms with Crippen LogP contribution < -0.4 is 5.32 Å². The van der Waals surface area contributed by atoms with Crippen LogP contribution in [-0.4, -0.2) is 29.7 Å². The van der Waals surface area contributed by atoms with Gasteiger partial charge in [-0.3, -0.25) is 4.79 Å². The number of amides is 1. The Kier molecular flexibility index (Phi) is 5.87. The average Bonchev–Trinajstić information content (AvgIpc) is 2.73. The first-order valence-electron chi connectivity index (χ1n) is 8.85. The minimum absolute atomic E-state index is 0.0405. The third kappa shape index (κ3) is 4.45. The molecule has 0 aromatic heterocycles. The van der Waals surface area contributed by atoms with Crippen LogP contribution in [0.1, 0.15) is 22.3 Å². The van der Waals surface area contributed by atoms with Crippen LogP contribution in [0, 0.1) is 0 Å². The Morgan fingerprint density at radius 3 is 2.46 bits per heavy atom. The number of nitrogens with one attached hydrogen (secondary N) is 1. The number of carboxylic acids is 1. The van der Waals surface area contributed by atoms with E-state index in [1.165, 1.54) is 12.1 Å². The molecule has 28 heavy (non-hydrogen) atoms. The van der Waals surface area contributed by atoms with Gasteiger partial charge in [0.25, 0.3) is 0 Å². The van der Waals surface area contributed by atoms with Gasteiger partial charge < -0.3 is 15.2 Å². The number of anilines is 1. The topological polar surface area (TPSA) is 75.6 Å². The molecule has 0 fully saturated rings. The Balaban J connectivity index is 1.71. The summed E-state index contributed by atoms with van der Waals surface area (Å²) in [6.45, 7) is 0. The van der Waals surface area contributed by atoms with Gasteiger partial charge in [0.05, 0.1) is 11.3 Å². The second-order valence-electron chi connectivity index (χ2n) is 6.40. The lowest BCUT2D eigenvalue weighted by Crippen LogP contribution is -2.27. The van der Waals surface area contributed by atoms with Crippen molar-refractivity contribution in [3.63, 3.8) is 0 Å². The van der Waals surface area contributed by atoms with Crippen molar-refractivity contribution in [2.24, 2.45) is 0 Å². The summed E-state index contributed by atoms with van der Waals surface area (Å²) in [5, 5.41) is 11.8. The predicted octanol–water partition coefficient (Wildman–Crippen LogP) is 4.31. The first kappa shape index (κ1) is 19.3. The lowest BCUT2D eigenvalue weighted by Gasteiger charge is -2.27. The van der Waals surface area contributed by atoms with Crippen LogP contribution in [0.25, 0.3) is 5.57 Å². The van der Waals surface area contributed by atoms with Gasteiger partial charge in [-0.15, -0.1) is 0 Å². The van der Waals surface area contributed by atoms with E-state index >= 15 is 0 Å². The van der Waals surface area contributed by atoms with Gasteiger partial charge in [0.2, 0.25) is 5.91 Å². The van der Waals surface area contributed by atoms with Crippen LogP contribution in [0.5, 0.6) is 0 Å². The molecule has 1 atom stereocenters. The van der Waals surface area contributed by atoms with E-state index in [1.807, 2.05) is 42.5 Å². The number of allylic oxidation sites excluding steroid dienone is 2. The number of aromatic carboxylic acids is 1. The highest BCUT2D eigenvalue weighted by atomic mass is 16.5. The summed E-state index contributed by atoms with van der Waals surface area (Å²) < 4.78 is 5.63. The van der Waals surface area contributed by atoms with Gasteiger partial charge in [0, 0.05) is 19.6 Å². The molecule has 2 N–H and O–H groups in total. The van der Waals surface area contributed by atoms with Crippen LogP contribution in [0.2, 0.25) is 0 Å². The first-order chi connectivity index (χ1) is 13.5. The lowest BCUT2D eigenvalue weighted by molar-refractivity contribution is -0.112. The molecule has 142 valence electrons. The van der Waals surface area contributed by atoms with Gasteiger partial charge in [0.1, 0.15) is 5.60 Å². The molecular weight excluding hydrogens is 354 g/mol. The predicted molar refractivity (Wildman–Crippen MR) is 109 cm³/mol. The Morgan fingerprint density at radius 2 is 1.82 bits per heavy atom. The van der Waals surface area contributed by atoms with Crippen molar-refractivity contribution in [1.29, 1.82) is 0 Å². The second kappa shape index (κ2) is 8.50. The van der Waals surface area contributed by atoms with Gasteiger partial charge in [0.15, 0.2) is 0 Å². The Hall–Kier alpha value is -3.44. The number of rotatable bonds is 6. The molecule has 0 aliphatic heterocycles. The van der Waals surface area contributed by atoms with E-state index in [9.17, 15) is 14.7 Å². The summed E-state index contributed by atoms with van der Waals surface area (Å²) in [4.78, 5) is 23.5. The van der Waals surface area contributed by atoms with Crippen molar-refractivity contribution in [1.82, 2.24) is 0 Å². The maximum Gasteiger partial charge on any atom is 0.337 e. The Bertz CT molecular complexity index is 960. The van der Waals surface area contributed by atoms with Crippen LogP contribution >= 0.6 is 0 Å². The normalized spacial score (nSPS) is 18.7. The molecule has 0 radical (unpaired) electrons. The molecule has 5 heteroatoms. The Labute approximate surface area is 163 Å². The summed E-state index contributed by atoms with van der Waals surface area (Å²) >= 11 is 0. The summed E-state index contributed by atoms with van der Waals surface area (Å²) in [5.41, 5.74) is 1.79. The standard InChI is InChI=1S/C23H21NO4/c1-28-23(14-11-18(12-15-23)17-7-3-2-4-8-17)16-13-21(25)24-20-10-6-5-9-19(20)22(26)27/h2-14,16H,15H2,1H3,(H,24,25)(H,26,27)/b16-13+. The maximum absolute atomic E-state index is 12.3. The highest BCUT2D eigenvalue weighted by Crippen LogP contribution is 2.30. The zero-order valence-corrected chi connectivity index (χ0v) is 15.5. The molecule has 2 aromatic carbocycles. The number of carboxylic acid groups (broad SMARTS) is 1. The number of ether oxygens (including phenoxy) is 1. The highest BCUT2D eigenvalue weighted by molar-refractivity contribution is 6.04. The molecule has 0 saturated carbocycles. The SMILES string of the molecule is COC1(/C=C/C(=O)Nc2ccccc2C(=O)O)C=CC(c2ccccc2)=CC1. The highest BCUT2D eigenvalue weighted by Gasteiger charge is 2.25. The van der Waals surface area contributed by atoms with Crippen LogP contribution in [0.3, 0.4) is 0 Å². The third-order valence-corrected chi connectivity index (χ3v) is 4.61. The fraction of sp³-hybridized carbons (Fsp3) is 0.130. The smallest absolute Gasteiger partial charge is 0.337 e. The lowest BCUT2D eigenvalue weighted by atomic mass is 9.89. The quantitative estimate of drug-likeness (QED) is 0.738. The zero-order valence-electron chi connectivity index (χ0n) is 15.5. The van der Waals surface area contributed by atoms with Crippen molar-refractivity contribution in [3.8, 4) is 0 Å². The fourth-order valence-corrected chi connectivity index (χ4v) is 2.99. The van der Waals surface area contributed by atoms with E-state index in [4.69, 9.17) is 4.74 Å². The third-order valence-electron chi connectivity index (χ3n) is 4.61. The fourth-order valence-electron chi connectivity index (χ4n) is 2.99. The molecule has 1 amide bonds. The molecule has 0 saturated heterocycles. The number of benzene rings is 2. The maximum atomic E-state index is 12.3. The Morgan fingerprint density at radius 1 is 1.11 bits per heavy atom. The van der Waals surface area contributed by atoms with E-state index in [2.05, 4.69) is 11.4 Å². The van der Waals surface area contributed by atoms with Gasteiger partial charge in [-0.1, -0.05) is 54.6 Å². The van der Waals surface area contributed by atoms with Gasteiger partial charge >= 0.3 is 5.97 Å². The van der Waals surface area contributed by atoms with Crippen molar-refractivity contribution >= 4 is 23.1 Å².